The van der Waals surface area contributed by atoms with Crippen LogP contribution >= 0.6 is 0 Å². The molecule has 0 aliphatic rings. The van der Waals surface area contributed by atoms with Crippen LogP contribution in [0.25, 0.3) is 0 Å². The summed E-state index contributed by atoms with van der Waals surface area (Å²) in [5, 5.41) is 2.78. The largest absolute Gasteiger partial charge is 0.492 e. The Morgan fingerprint density at radius 1 is 1.05 bits per heavy atom. The van der Waals surface area contributed by atoms with Gasteiger partial charge in [-0.15, -0.1) is 0 Å². The highest BCUT2D eigenvalue weighted by atomic mass is 16.5. The summed E-state index contributed by atoms with van der Waals surface area (Å²) in [5.74, 6) is 0.635. The molecule has 0 spiro atoms. The van der Waals surface area contributed by atoms with Crippen LogP contribution < -0.4 is 15.8 Å². The Bertz CT molecular complexity index is 543. The SMILES string of the molecule is N[C@H](Cc1ccccc1)C(=O)NCCOc1ccccc1. The molecule has 0 aliphatic heterocycles. The molecule has 4 heteroatoms. The normalized spacial score (nSPS) is 11.7. The Morgan fingerprint density at radius 3 is 2.33 bits per heavy atom. The highest BCUT2D eigenvalue weighted by Crippen LogP contribution is 2.07. The van der Waals surface area contributed by atoms with Crippen LogP contribution in [0.15, 0.2) is 60.7 Å². The van der Waals surface area contributed by atoms with Gasteiger partial charge in [-0.2, -0.15) is 0 Å². The van der Waals surface area contributed by atoms with E-state index in [-0.39, 0.29) is 5.91 Å². The lowest BCUT2D eigenvalue weighted by molar-refractivity contribution is -0.122. The zero-order valence-corrected chi connectivity index (χ0v) is 11.9. The molecule has 110 valence electrons. The number of rotatable bonds is 7. The predicted molar refractivity (Wildman–Crippen MR) is 83.1 cm³/mol. The van der Waals surface area contributed by atoms with Gasteiger partial charge in [-0.3, -0.25) is 4.79 Å². The zero-order chi connectivity index (χ0) is 14.9. The first-order valence-corrected chi connectivity index (χ1v) is 7.01. The van der Waals surface area contributed by atoms with Crippen molar-refractivity contribution < 1.29 is 9.53 Å². The number of nitrogens with one attached hydrogen (secondary N) is 1. The first kappa shape index (κ1) is 15.1. The van der Waals surface area contributed by atoms with Gasteiger partial charge in [-0.25, -0.2) is 0 Å². The van der Waals surface area contributed by atoms with Crippen molar-refractivity contribution in [3.63, 3.8) is 0 Å². The van der Waals surface area contributed by atoms with Crippen LogP contribution in [-0.2, 0) is 11.2 Å². The number of para-hydroxylation sites is 1. The second-order valence-corrected chi connectivity index (χ2v) is 4.75. The number of nitrogens with two attached hydrogens (primary N) is 1. The smallest absolute Gasteiger partial charge is 0.237 e. The van der Waals surface area contributed by atoms with Gasteiger partial charge in [-0.05, 0) is 24.1 Å². The summed E-state index contributed by atoms with van der Waals surface area (Å²) >= 11 is 0. The lowest BCUT2D eigenvalue weighted by Gasteiger charge is -2.12. The van der Waals surface area contributed by atoms with E-state index in [9.17, 15) is 4.79 Å². The van der Waals surface area contributed by atoms with Crippen molar-refractivity contribution >= 4 is 5.91 Å². The van der Waals surface area contributed by atoms with Crippen molar-refractivity contribution in [1.29, 1.82) is 0 Å². The number of amides is 1. The summed E-state index contributed by atoms with van der Waals surface area (Å²) < 4.78 is 5.50. The molecule has 2 aromatic carbocycles. The van der Waals surface area contributed by atoms with Crippen molar-refractivity contribution in [2.45, 2.75) is 12.5 Å². The van der Waals surface area contributed by atoms with Gasteiger partial charge in [0.05, 0.1) is 12.6 Å². The number of hydrogen-bond donors (Lipinski definition) is 2. The first-order valence-electron chi connectivity index (χ1n) is 7.01. The molecule has 0 saturated carbocycles. The van der Waals surface area contributed by atoms with Gasteiger partial charge in [-0.1, -0.05) is 48.5 Å². The monoisotopic (exact) mass is 284 g/mol. The minimum Gasteiger partial charge on any atom is -0.492 e. The van der Waals surface area contributed by atoms with Gasteiger partial charge in [0, 0.05) is 0 Å². The van der Waals surface area contributed by atoms with Crippen LogP contribution in [0.5, 0.6) is 5.75 Å². The molecule has 0 fully saturated rings. The van der Waals surface area contributed by atoms with Gasteiger partial charge in [0.25, 0.3) is 0 Å². The summed E-state index contributed by atoms with van der Waals surface area (Å²) in [6, 6.07) is 18.7. The van der Waals surface area contributed by atoms with E-state index in [4.69, 9.17) is 10.5 Å². The minimum atomic E-state index is -0.538. The quantitative estimate of drug-likeness (QED) is 0.761. The number of benzene rings is 2. The Morgan fingerprint density at radius 2 is 1.67 bits per heavy atom. The van der Waals surface area contributed by atoms with E-state index in [0.717, 1.165) is 11.3 Å². The van der Waals surface area contributed by atoms with Crippen molar-refractivity contribution in [2.75, 3.05) is 13.2 Å². The minimum absolute atomic E-state index is 0.157. The highest BCUT2D eigenvalue weighted by Gasteiger charge is 2.13. The lowest BCUT2D eigenvalue weighted by atomic mass is 10.1. The Labute approximate surface area is 124 Å². The second kappa shape index (κ2) is 8.07. The van der Waals surface area contributed by atoms with Crippen LogP contribution in [0, 0.1) is 0 Å². The van der Waals surface area contributed by atoms with Crippen LogP contribution in [0.3, 0.4) is 0 Å². The molecule has 0 heterocycles. The molecule has 0 aliphatic carbocycles. The second-order valence-electron chi connectivity index (χ2n) is 4.75. The van der Waals surface area contributed by atoms with Crippen LogP contribution in [0.1, 0.15) is 5.56 Å². The predicted octanol–water partition coefficient (Wildman–Crippen LogP) is 1.75. The summed E-state index contributed by atoms with van der Waals surface area (Å²) in [6.07, 6.45) is 0.534. The van der Waals surface area contributed by atoms with E-state index in [0.29, 0.717) is 19.6 Å². The van der Waals surface area contributed by atoms with E-state index in [1.54, 1.807) is 0 Å². The Kier molecular flexibility index (Phi) is 5.79. The third kappa shape index (κ3) is 5.28. The number of hydrogen-bond acceptors (Lipinski definition) is 3. The maximum Gasteiger partial charge on any atom is 0.237 e. The highest BCUT2D eigenvalue weighted by molar-refractivity contribution is 5.81. The molecule has 1 atom stereocenters. The standard InChI is InChI=1S/C17H20N2O2/c18-16(13-14-7-3-1-4-8-14)17(20)19-11-12-21-15-9-5-2-6-10-15/h1-10,16H,11-13,18H2,(H,19,20)/t16-/m1/s1. The molecule has 0 bridgehead atoms. The average Bonchev–Trinajstić information content (AvgIpc) is 2.53. The van der Waals surface area contributed by atoms with E-state index >= 15 is 0 Å². The summed E-state index contributed by atoms with van der Waals surface area (Å²) in [4.78, 5) is 11.9. The van der Waals surface area contributed by atoms with Gasteiger partial charge < -0.3 is 15.8 Å². The molecule has 4 nitrogen and oxygen atoms in total. The maximum absolute atomic E-state index is 11.9. The molecule has 21 heavy (non-hydrogen) atoms. The summed E-state index contributed by atoms with van der Waals surface area (Å²) in [7, 11) is 0. The van der Waals surface area contributed by atoms with Gasteiger partial charge >= 0.3 is 0 Å². The lowest BCUT2D eigenvalue weighted by Crippen LogP contribution is -2.43. The van der Waals surface area contributed by atoms with Crippen LogP contribution in [-0.4, -0.2) is 25.1 Å². The molecule has 0 saturated heterocycles. The summed E-state index contributed by atoms with van der Waals surface area (Å²) in [6.45, 7) is 0.865. The molecule has 2 rings (SSSR count). The first-order chi connectivity index (χ1) is 10.3. The molecule has 3 N–H and O–H groups in total. The average molecular weight is 284 g/mol. The van der Waals surface area contributed by atoms with Gasteiger partial charge in [0.15, 0.2) is 0 Å². The molecule has 1 amide bonds. The fraction of sp³-hybridized carbons (Fsp3) is 0.235. The van der Waals surface area contributed by atoms with Crippen molar-refractivity contribution in [3.8, 4) is 5.75 Å². The number of ether oxygens (including phenoxy) is 1. The number of carbonyl (C=O) groups excluding carboxylic acids is 1. The van der Waals surface area contributed by atoms with Crippen molar-refractivity contribution in [2.24, 2.45) is 5.73 Å². The van der Waals surface area contributed by atoms with E-state index < -0.39 is 6.04 Å². The fourth-order valence-electron chi connectivity index (χ4n) is 1.95. The van der Waals surface area contributed by atoms with E-state index in [2.05, 4.69) is 5.32 Å². The Hall–Kier alpha value is -2.33. The van der Waals surface area contributed by atoms with Crippen molar-refractivity contribution in [1.82, 2.24) is 5.32 Å². The summed E-state index contributed by atoms with van der Waals surface area (Å²) in [5.41, 5.74) is 6.95. The fourth-order valence-corrected chi connectivity index (χ4v) is 1.95. The molecule has 0 aromatic heterocycles. The van der Waals surface area contributed by atoms with Crippen molar-refractivity contribution in [3.05, 3.63) is 66.2 Å². The molecular weight excluding hydrogens is 264 g/mol. The van der Waals surface area contributed by atoms with Gasteiger partial charge in [0.2, 0.25) is 5.91 Å². The van der Waals surface area contributed by atoms with Crippen LogP contribution in [0.2, 0.25) is 0 Å². The molecular formula is C17H20N2O2. The third-order valence-electron chi connectivity index (χ3n) is 3.05. The van der Waals surface area contributed by atoms with E-state index in [1.807, 2.05) is 60.7 Å². The third-order valence-corrected chi connectivity index (χ3v) is 3.05. The number of carbonyl (C=O) groups is 1. The zero-order valence-electron chi connectivity index (χ0n) is 11.9. The van der Waals surface area contributed by atoms with E-state index in [1.165, 1.54) is 0 Å². The molecule has 0 radical (unpaired) electrons. The maximum atomic E-state index is 11.9. The topological polar surface area (TPSA) is 64.4 Å². The Balaban J connectivity index is 1.67. The molecule has 0 unspecified atom stereocenters. The van der Waals surface area contributed by atoms with Crippen LogP contribution in [0.4, 0.5) is 0 Å². The molecule has 2 aromatic rings. The van der Waals surface area contributed by atoms with Gasteiger partial charge in [0.1, 0.15) is 12.4 Å².